The number of nitrogens with zero attached hydrogens (tertiary/aromatic N) is 1. The Morgan fingerprint density at radius 1 is 1.03 bits per heavy atom. The van der Waals surface area contributed by atoms with Crippen LogP contribution in [-0.4, -0.2) is 34.8 Å². The Hall–Kier alpha value is -3.93. The van der Waals surface area contributed by atoms with E-state index in [1.807, 2.05) is 30.3 Å². The number of halogens is 1. The Labute approximate surface area is 222 Å². The van der Waals surface area contributed by atoms with Gasteiger partial charge >= 0.3 is 0 Å². The zero-order chi connectivity index (χ0) is 27.0. The topological polar surface area (TPSA) is 66.8 Å². The second kappa shape index (κ2) is 10.1. The molecule has 2 heterocycles. The van der Waals surface area contributed by atoms with Gasteiger partial charge in [0.05, 0.1) is 18.2 Å². The van der Waals surface area contributed by atoms with E-state index in [0.717, 1.165) is 40.8 Å². The highest BCUT2D eigenvalue weighted by molar-refractivity contribution is 6.46. The number of rotatable bonds is 5. The van der Waals surface area contributed by atoms with Gasteiger partial charge in [0.25, 0.3) is 11.7 Å². The summed E-state index contributed by atoms with van der Waals surface area (Å²) in [5, 5.41) is 11.5. The van der Waals surface area contributed by atoms with Crippen LogP contribution in [0.3, 0.4) is 0 Å². The molecule has 1 fully saturated rings. The molecule has 1 saturated heterocycles. The summed E-state index contributed by atoms with van der Waals surface area (Å²) in [6.45, 7) is 7.27. The third-order valence-electron chi connectivity index (χ3n) is 7.37. The second-order valence-corrected chi connectivity index (χ2v) is 11.0. The van der Waals surface area contributed by atoms with Crippen molar-refractivity contribution in [2.45, 2.75) is 51.5 Å². The van der Waals surface area contributed by atoms with Crippen molar-refractivity contribution in [1.29, 1.82) is 0 Å². The van der Waals surface area contributed by atoms with Crippen LogP contribution in [0.5, 0.6) is 5.75 Å². The second-order valence-electron chi connectivity index (χ2n) is 11.0. The average molecular weight is 514 g/mol. The van der Waals surface area contributed by atoms with E-state index in [-0.39, 0.29) is 29.1 Å². The number of fused-ring (bicyclic) bond motifs is 1. The molecule has 38 heavy (non-hydrogen) atoms. The molecule has 2 aliphatic rings. The smallest absolute Gasteiger partial charge is 0.295 e. The Morgan fingerprint density at radius 3 is 2.42 bits per heavy atom. The monoisotopic (exact) mass is 513 g/mol. The van der Waals surface area contributed by atoms with Gasteiger partial charge in [-0.05, 0) is 77.3 Å². The highest BCUT2D eigenvalue weighted by Crippen LogP contribution is 2.41. The molecular formula is C32H32FNO4. The molecule has 1 atom stereocenters. The van der Waals surface area contributed by atoms with Crippen LogP contribution in [0.1, 0.15) is 61.1 Å². The summed E-state index contributed by atoms with van der Waals surface area (Å²) in [5.41, 5.74) is 4.20. The number of ketones is 1. The molecule has 5 nitrogen and oxygen atoms in total. The van der Waals surface area contributed by atoms with E-state index in [0.29, 0.717) is 18.6 Å². The van der Waals surface area contributed by atoms with Crippen molar-refractivity contribution < 1.29 is 23.8 Å². The number of carbonyl (C=O) groups is 2. The van der Waals surface area contributed by atoms with Gasteiger partial charge in [0.15, 0.2) is 0 Å². The van der Waals surface area contributed by atoms with Crippen LogP contribution in [0.15, 0.2) is 72.3 Å². The molecule has 0 spiro atoms. The number of likely N-dealkylation sites (tertiary alicyclic amines) is 1. The van der Waals surface area contributed by atoms with Crippen molar-refractivity contribution in [2.24, 2.45) is 0 Å². The van der Waals surface area contributed by atoms with E-state index in [4.69, 9.17) is 4.74 Å². The molecule has 1 N–H and O–H groups in total. The number of hydrogen-bond acceptors (Lipinski definition) is 4. The lowest BCUT2D eigenvalue weighted by Crippen LogP contribution is -2.31. The van der Waals surface area contributed by atoms with Crippen LogP contribution < -0.4 is 4.74 Å². The van der Waals surface area contributed by atoms with Gasteiger partial charge in [-0.2, -0.15) is 0 Å². The molecule has 3 aromatic carbocycles. The maximum Gasteiger partial charge on any atom is 0.295 e. The van der Waals surface area contributed by atoms with Gasteiger partial charge in [0.1, 0.15) is 17.3 Å². The van der Waals surface area contributed by atoms with Crippen LogP contribution in [0.4, 0.5) is 4.39 Å². The zero-order valence-electron chi connectivity index (χ0n) is 22.0. The normalized spacial score (nSPS) is 18.8. The minimum Gasteiger partial charge on any atom is -0.507 e. The Balaban J connectivity index is 1.57. The molecule has 0 bridgehead atoms. The van der Waals surface area contributed by atoms with E-state index < -0.39 is 17.7 Å². The van der Waals surface area contributed by atoms with Gasteiger partial charge in [-0.25, -0.2) is 4.39 Å². The van der Waals surface area contributed by atoms with E-state index in [1.54, 1.807) is 24.3 Å². The lowest BCUT2D eigenvalue weighted by molar-refractivity contribution is -0.139. The van der Waals surface area contributed by atoms with Gasteiger partial charge in [0.2, 0.25) is 0 Å². The highest BCUT2D eigenvalue weighted by atomic mass is 19.1. The van der Waals surface area contributed by atoms with Crippen molar-refractivity contribution in [3.05, 3.63) is 106 Å². The molecule has 2 aliphatic heterocycles. The Morgan fingerprint density at radius 2 is 1.74 bits per heavy atom. The van der Waals surface area contributed by atoms with Crippen molar-refractivity contribution in [1.82, 2.24) is 4.90 Å². The average Bonchev–Trinajstić information content (AvgIpc) is 3.16. The Kier molecular flexibility index (Phi) is 6.82. The standard InChI is InChI=1S/C32H32FNO4/c1-32(2,3)24-11-8-21(9-12-24)28-27(29(35)23-10-15-26-22(19-23)5-4-18-38-26)30(36)31(37)34(28)17-16-20-6-13-25(33)14-7-20/h6-15,19,28,35H,4-5,16-18H2,1-3H3/b29-27-. The van der Waals surface area contributed by atoms with E-state index in [2.05, 4.69) is 20.8 Å². The number of Topliss-reactive ketones (excluding diaryl/α,β-unsaturated/α-hetero) is 1. The quantitative estimate of drug-likeness (QED) is 0.254. The van der Waals surface area contributed by atoms with Gasteiger partial charge in [0, 0.05) is 12.1 Å². The van der Waals surface area contributed by atoms with Crippen LogP contribution in [0.25, 0.3) is 5.76 Å². The number of aliphatic hydroxyl groups excluding tert-OH is 1. The lowest BCUT2D eigenvalue weighted by atomic mass is 9.85. The van der Waals surface area contributed by atoms with E-state index in [1.165, 1.54) is 17.0 Å². The first-order chi connectivity index (χ1) is 18.1. The SMILES string of the molecule is CC(C)(C)c1ccc(C2/C(=C(/O)c3ccc4c(c3)CCCO4)C(=O)C(=O)N2CCc2ccc(F)cc2)cc1. The number of aliphatic hydroxyl groups is 1. The summed E-state index contributed by atoms with van der Waals surface area (Å²) in [6.07, 6.45) is 2.14. The predicted octanol–water partition coefficient (Wildman–Crippen LogP) is 6.11. The first kappa shape index (κ1) is 25.7. The number of ether oxygens (including phenoxy) is 1. The summed E-state index contributed by atoms with van der Waals surface area (Å²) in [6, 6.07) is 18.6. The number of aryl methyl sites for hydroxylation is 1. The predicted molar refractivity (Wildman–Crippen MR) is 145 cm³/mol. The molecule has 0 aliphatic carbocycles. The first-order valence-corrected chi connectivity index (χ1v) is 13.0. The van der Waals surface area contributed by atoms with Crippen LogP contribution in [-0.2, 0) is 27.8 Å². The third-order valence-corrected chi connectivity index (χ3v) is 7.37. The minimum absolute atomic E-state index is 0.0614. The third kappa shape index (κ3) is 4.95. The summed E-state index contributed by atoms with van der Waals surface area (Å²) in [7, 11) is 0. The highest BCUT2D eigenvalue weighted by Gasteiger charge is 2.46. The summed E-state index contributed by atoms with van der Waals surface area (Å²) < 4.78 is 19.1. The summed E-state index contributed by atoms with van der Waals surface area (Å²) in [5.74, 6) is -1.10. The summed E-state index contributed by atoms with van der Waals surface area (Å²) in [4.78, 5) is 28.2. The molecular weight excluding hydrogens is 481 g/mol. The van der Waals surface area contributed by atoms with Gasteiger partial charge in [-0.1, -0.05) is 57.2 Å². The molecule has 0 saturated carbocycles. The van der Waals surface area contributed by atoms with Crippen molar-refractivity contribution in [3.8, 4) is 5.75 Å². The first-order valence-electron chi connectivity index (χ1n) is 13.0. The maximum atomic E-state index is 13.4. The van der Waals surface area contributed by atoms with Gasteiger partial charge in [-0.3, -0.25) is 9.59 Å². The fourth-order valence-electron chi connectivity index (χ4n) is 5.19. The number of amides is 1. The molecule has 1 unspecified atom stereocenters. The zero-order valence-corrected chi connectivity index (χ0v) is 22.0. The molecule has 196 valence electrons. The number of hydrogen-bond donors (Lipinski definition) is 1. The molecule has 5 rings (SSSR count). The fraction of sp³-hybridized carbons (Fsp3) is 0.312. The minimum atomic E-state index is -0.739. The largest absolute Gasteiger partial charge is 0.507 e. The molecule has 1 amide bonds. The molecule has 6 heteroatoms. The molecule has 0 aromatic heterocycles. The maximum absolute atomic E-state index is 13.4. The van der Waals surface area contributed by atoms with E-state index in [9.17, 15) is 19.1 Å². The van der Waals surface area contributed by atoms with Crippen molar-refractivity contribution >= 4 is 17.4 Å². The van der Waals surface area contributed by atoms with Crippen molar-refractivity contribution in [3.63, 3.8) is 0 Å². The lowest BCUT2D eigenvalue weighted by Gasteiger charge is -2.27. The molecule has 0 radical (unpaired) electrons. The summed E-state index contributed by atoms with van der Waals surface area (Å²) >= 11 is 0. The van der Waals surface area contributed by atoms with Gasteiger partial charge < -0.3 is 14.7 Å². The Bertz CT molecular complexity index is 1400. The van der Waals surface area contributed by atoms with Crippen LogP contribution in [0, 0.1) is 5.82 Å². The van der Waals surface area contributed by atoms with E-state index >= 15 is 0 Å². The molecule has 3 aromatic rings. The van der Waals surface area contributed by atoms with Crippen LogP contribution >= 0.6 is 0 Å². The fourth-order valence-corrected chi connectivity index (χ4v) is 5.19. The van der Waals surface area contributed by atoms with Gasteiger partial charge in [-0.15, -0.1) is 0 Å². The number of benzene rings is 3. The van der Waals surface area contributed by atoms with Crippen LogP contribution in [0.2, 0.25) is 0 Å². The number of carbonyl (C=O) groups excluding carboxylic acids is 2. The van der Waals surface area contributed by atoms with Crippen molar-refractivity contribution in [2.75, 3.05) is 13.2 Å².